The number of para-hydroxylation sites is 2. The van der Waals surface area contributed by atoms with E-state index in [1.807, 2.05) is 31.2 Å². The molecule has 0 spiro atoms. The molecular weight excluding hydrogens is 428 g/mol. The van der Waals surface area contributed by atoms with Gasteiger partial charge < -0.3 is 15.7 Å². The van der Waals surface area contributed by atoms with E-state index in [2.05, 4.69) is 15.6 Å². The zero-order valence-electron chi connectivity index (χ0n) is 17.8. The van der Waals surface area contributed by atoms with Crippen LogP contribution in [0.3, 0.4) is 0 Å². The Morgan fingerprint density at radius 1 is 1.09 bits per heavy atom. The van der Waals surface area contributed by atoms with Gasteiger partial charge in [0.1, 0.15) is 0 Å². The Kier molecular flexibility index (Phi) is 8.41. The first-order chi connectivity index (χ1) is 15.5. The number of fused-ring (bicyclic) bond motifs is 1. The Morgan fingerprint density at radius 2 is 1.84 bits per heavy atom. The summed E-state index contributed by atoms with van der Waals surface area (Å²) in [5.74, 6) is -0.652. The smallest absolute Gasteiger partial charge is 0.262 e. The molecule has 0 fully saturated rings. The Morgan fingerprint density at radius 3 is 2.62 bits per heavy atom. The van der Waals surface area contributed by atoms with Crippen LogP contribution >= 0.6 is 11.8 Å². The van der Waals surface area contributed by atoms with Crippen molar-refractivity contribution >= 4 is 40.2 Å². The van der Waals surface area contributed by atoms with Gasteiger partial charge in [-0.2, -0.15) is 0 Å². The van der Waals surface area contributed by atoms with Crippen LogP contribution in [0.15, 0.2) is 58.5 Å². The number of aryl methyl sites for hydroxylation is 1. The fourth-order valence-electron chi connectivity index (χ4n) is 3.19. The van der Waals surface area contributed by atoms with Gasteiger partial charge in [-0.15, -0.1) is 0 Å². The van der Waals surface area contributed by atoms with Crippen molar-refractivity contribution in [1.82, 2.24) is 14.9 Å². The lowest BCUT2D eigenvalue weighted by molar-refractivity contribution is -0.122. The van der Waals surface area contributed by atoms with E-state index in [1.165, 1.54) is 4.57 Å². The fraction of sp³-hybridized carbons (Fsp3) is 0.304. The maximum absolute atomic E-state index is 12.8. The van der Waals surface area contributed by atoms with Gasteiger partial charge in [-0.05, 0) is 36.6 Å². The average Bonchev–Trinajstić information content (AvgIpc) is 2.81. The highest BCUT2D eigenvalue weighted by Gasteiger charge is 2.14. The molecule has 3 aromatic rings. The summed E-state index contributed by atoms with van der Waals surface area (Å²) in [5, 5.41) is 15.5. The molecule has 8 nitrogen and oxygen atoms in total. The van der Waals surface area contributed by atoms with Gasteiger partial charge >= 0.3 is 0 Å². The molecule has 2 amide bonds. The largest absolute Gasteiger partial charge is 0.396 e. The summed E-state index contributed by atoms with van der Waals surface area (Å²) in [7, 11) is 0. The molecule has 1 heterocycles. The maximum atomic E-state index is 12.8. The van der Waals surface area contributed by atoms with Crippen LogP contribution in [0.4, 0.5) is 5.69 Å². The zero-order valence-corrected chi connectivity index (χ0v) is 18.7. The number of thioether (sulfide) groups is 1. The van der Waals surface area contributed by atoms with E-state index >= 15 is 0 Å². The predicted octanol–water partition coefficient (Wildman–Crippen LogP) is 2.19. The highest BCUT2D eigenvalue weighted by molar-refractivity contribution is 7.99. The van der Waals surface area contributed by atoms with Gasteiger partial charge in [-0.3, -0.25) is 19.0 Å². The van der Waals surface area contributed by atoms with Gasteiger partial charge in [0.25, 0.3) is 5.56 Å². The Balaban J connectivity index is 1.61. The number of aromatic nitrogens is 2. The number of aliphatic hydroxyl groups is 1. The van der Waals surface area contributed by atoms with Gasteiger partial charge in [-0.1, -0.05) is 49.0 Å². The molecule has 0 radical (unpaired) electrons. The molecule has 0 saturated carbocycles. The van der Waals surface area contributed by atoms with Crippen molar-refractivity contribution in [3.8, 4) is 0 Å². The number of carbonyl (C=O) groups is 2. The van der Waals surface area contributed by atoms with Crippen LogP contribution in [0.5, 0.6) is 0 Å². The first-order valence-corrected chi connectivity index (χ1v) is 11.4. The van der Waals surface area contributed by atoms with Gasteiger partial charge in [0.15, 0.2) is 5.16 Å². The molecule has 0 aliphatic carbocycles. The molecule has 3 rings (SSSR count). The molecule has 2 aromatic carbocycles. The highest BCUT2D eigenvalue weighted by Crippen LogP contribution is 2.18. The van der Waals surface area contributed by atoms with Crippen LogP contribution in [-0.4, -0.2) is 45.4 Å². The summed E-state index contributed by atoms with van der Waals surface area (Å²) in [6, 6.07) is 14.5. The molecule has 1 aromatic heterocycles. The predicted molar refractivity (Wildman–Crippen MR) is 126 cm³/mol. The standard InChI is InChI=1S/C23H26N4O4S/c1-2-16-8-3-5-10-18(16)25-20(29)14-24-21(30)15-32-23-26-19-11-6-4-9-17(19)22(31)27(23)12-7-13-28/h3-6,8-11,28H,2,7,12-15H2,1H3,(H,24,30)(H,25,29). The third-order valence-electron chi connectivity index (χ3n) is 4.82. The van der Waals surface area contributed by atoms with Crippen molar-refractivity contribution in [2.75, 3.05) is 24.2 Å². The second kappa shape index (κ2) is 11.4. The monoisotopic (exact) mass is 454 g/mol. The summed E-state index contributed by atoms with van der Waals surface area (Å²) in [6.45, 7) is 2.10. The van der Waals surface area contributed by atoms with E-state index in [0.717, 1.165) is 29.4 Å². The first-order valence-electron chi connectivity index (χ1n) is 10.4. The van der Waals surface area contributed by atoms with Crippen molar-refractivity contribution in [1.29, 1.82) is 0 Å². The third-order valence-corrected chi connectivity index (χ3v) is 5.79. The zero-order chi connectivity index (χ0) is 22.9. The minimum Gasteiger partial charge on any atom is -0.396 e. The molecule has 0 aliphatic heterocycles. The number of carbonyl (C=O) groups excluding carboxylic acids is 2. The van der Waals surface area contributed by atoms with Crippen LogP contribution in [0.25, 0.3) is 10.9 Å². The average molecular weight is 455 g/mol. The van der Waals surface area contributed by atoms with Crippen LogP contribution in [0.2, 0.25) is 0 Å². The summed E-state index contributed by atoms with van der Waals surface area (Å²) in [5.41, 5.74) is 2.10. The molecule has 0 bridgehead atoms. The molecule has 0 atom stereocenters. The Hall–Kier alpha value is -3.17. The fourth-order valence-corrected chi connectivity index (χ4v) is 4.04. The van der Waals surface area contributed by atoms with Crippen LogP contribution in [0, 0.1) is 0 Å². The number of anilines is 1. The summed E-state index contributed by atoms with van der Waals surface area (Å²) in [6.07, 6.45) is 1.19. The van der Waals surface area contributed by atoms with Crippen LogP contribution in [0.1, 0.15) is 18.9 Å². The minimum absolute atomic E-state index is 0.00271. The van der Waals surface area contributed by atoms with E-state index in [0.29, 0.717) is 29.0 Å². The van der Waals surface area contributed by atoms with Crippen LogP contribution < -0.4 is 16.2 Å². The van der Waals surface area contributed by atoms with Gasteiger partial charge in [-0.25, -0.2) is 4.98 Å². The molecule has 0 aliphatic rings. The summed E-state index contributed by atoms with van der Waals surface area (Å²) >= 11 is 1.12. The number of benzene rings is 2. The number of amides is 2. The summed E-state index contributed by atoms with van der Waals surface area (Å²) in [4.78, 5) is 41.8. The number of hydrogen-bond acceptors (Lipinski definition) is 6. The van der Waals surface area contributed by atoms with Crippen molar-refractivity contribution in [2.24, 2.45) is 0 Å². The number of rotatable bonds is 10. The first kappa shape index (κ1) is 23.5. The minimum atomic E-state index is -0.343. The van der Waals surface area contributed by atoms with Gasteiger partial charge in [0, 0.05) is 18.8 Å². The number of aliphatic hydroxyl groups excluding tert-OH is 1. The normalized spacial score (nSPS) is 10.8. The van der Waals surface area contributed by atoms with E-state index in [-0.39, 0.29) is 36.3 Å². The molecule has 0 saturated heterocycles. The number of nitrogens with one attached hydrogen (secondary N) is 2. The van der Waals surface area contributed by atoms with Crippen molar-refractivity contribution in [3.63, 3.8) is 0 Å². The lowest BCUT2D eigenvalue weighted by Gasteiger charge is -2.13. The van der Waals surface area contributed by atoms with E-state index < -0.39 is 0 Å². The lowest BCUT2D eigenvalue weighted by Crippen LogP contribution is -2.34. The van der Waals surface area contributed by atoms with Crippen molar-refractivity contribution in [3.05, 3.63) is 64.4 Å². The molecule has 0 unspecified atom stereocenters. The van der Waals surface area contributed by atoms with E-state index in [9.17, 15) is 14.4 Å². The molecular formula is C23H26N4O4S. The second-order valence-corrected chi connectivity index (χ2v) is 8.01. The number of hydrogen-bond donors (Lipinski definition) is 3. The summed E-state index contributed by atoms with van der Waals surface area (Å²) < 4.78 is 1.48. The Labute approximate surface area is 190 Å². The van der Waals surface area contributed by atoms with Gasteiger partial charge in [0.05, 0.1) is 23.2 Å². The second-order valence-electron chi connectivity index (χ2n) is 7.07. The SMILES string of the molecule is CCc1ccccc1NC(=O)CNC(=O)CSc1nc2ccccc2c(=O)n1CCCO. The topological polar surface area (TPSA) is 113 Å². The quantitative estimate of drug-likeness (QED) is 0.320. The van der Waals surface area contributed by atoms with Crippen molar-refractivity contribution in [2.45, 2.75) is 31.5 Å². The number of nitrogens with zero attached hydrogens (tertiary/aromatic N) is 2. The Bertz CT molecular complexity index is 1160. The lowest BCUT2D eigenvalue weighted by atomic mass is 10.1. The maximum Gasteiger partial charge on any atom is 0.262 e. The molecule has 9 heteroatoms. The van der Waals surface area contributed by atoms with E-state index in [4.69, 9.17) is 5.11 Å². The molecule has 168 valence electrons. The van der Waals surface area contributed by atoms with E-state index in [1.54, 1.807) is 24.3 Å². The van der Waals surface area contributed by atoms with Gasteiger partial charge in [0.2, 0.25) is 11.8 Å². The van der Waals surface area contributed by atoms with Crippen molar-refractivity contribution < 1.29 is 14.7 Å². The van der Waals surface area contributed by atoms with Crippen LogP contribution in [-0.2, 0) is 22.6 Å². The third kappa shape index (κ3) is 5.95. The highest BCUT2D eigenvalue weighted by atomic mass is 32.2. The molecule has 3 N–H and O–H groups in total. The molecule has 32 heavy (non-hydrogen) atoms.